The number of rotatable bonds is 8. The molecule has 0 aliphatic carbocycles. The number of anilines is 1. The highest BCUT2D eigenvalue weighted by atomic mass is 127. The van der Waals surface area contributed by atoms with Crippen molar-refractivity contribution in [2.45, 2.75) is 47.2 Å². The van der Waals surface area contributed by atoms with Crippen molar-refractivity contribution in [1.29, 1.82) is 0 Å². The van der Waals surface area contributed by atoms with Crippen LogP contribution < -0.4 is 10.6 Å². The molecular formula is C21H32IN5OS. The Morgan fingerprint density at radius 1 is 1.34 bits per heavy atom. The molecule has 0 unspecified atom stereocenters. The van der Waals surface area contributed by atoms with Crippen molar-refractivity contribution in [2.75, 3.05) is 18.9 Å². The van der Waals surface area contributed by atoms with Crippen molar-refractivity contribution in [3.63, 3.8) is 0 Å². The van der Waals surface area contributed by atoms with Gasteiger partial charge in [0.1, 0.15) is 0 Å². The molecule has 2 rings (SSSR count). The molecule has 1 heterocycles. The van der Waals surface area contributed by atoms with Crippen LogP contribution in [-0.4, -0.2) is 35.3 Å². The van der Waals surface area contributed by atoms with Gasteiger partial charge in [-0.3, -0.25) is 4.79 Å². The molecule has 0 atom stereocenters. The summed E-state index contributed by atoms with van der Waals surface area (Å²) in [5.74, 6) is 1.22. The Labute approximate surface area is 195 Å². The molecule has 2 aromatic rings. The third-order valence-electron chi connectivity index (χ3n) is 3.98. The summed E-state index contributed by atoms with van der Waals surface area (Å²) < 4.78 is 0. The molecule has 6 nitrogen and oxygen atoms in total. The molecule has 0 radical (unpaired) electrons. The predicted octanol–water partition coefficient (Wildman–Crippen LogP) is 4.65. The third kappa shape index (κ3) is 9.12. The Balaban J connectivity index is 0.00000420. The maximum atomic E-state index is 12.0. The number of hydrogen-bond donors (Lipinski definition) is 2. The van der Waals surface area contributed by atoms with E-state index >= 15 is 0 Å². The van der Waals surface area contributed by atoms with E-state index in [9.17, 15) is 4.79 Å². The molecule has 8 heteroatoms. The van der Waals surface area contributed by atoms with Gasteiger partial charge in [0.25, 0.3) is 0 Å². The van der Waals surface area contributed by atoms with E-state index in [-0.39, 0.29) is 29.9 Å². The molecule has 2 N–H and O–H groups in total. The van der Waals surface area contributed by atoms with Crippen LogP contribution in [0.4, 0.5) is 5.69 Å². The topological polar surface area (TPSA) is 69.6 Å². The molecule has 0 fully saturated rings. The van der Waals surface area contributed by atoms with Crippen LogP contribution in [0, 0.1) is 12.8 Å². The Hall–Kier alpha value is -1.68. The second-order valence-electron chi connectivity index (χ2n) is 7.23. The second kappa shape index (κ2) is 12.8. The minimum absolute atomic E-state index is 0. The first kappa shape index (κ1) is 25.4. The van der Waals surface area contributed by atoms with Crippen LogP contribution in [0.1, 0.15) is 43.5 Å². The van der Waals surface area contributed by atoms with E-state index in [1.54, 1.807) is 11.3 Å². The van der Waals surface area contributed by atoms with Crippen LogP contribution >= 0.6 is 35.3 Å². The molecule has 0 aliphatic heterocycles. The van der Waals surface area contributed by atoms with Gasteiger partial charge in [0.15, 0.2) is 5.96 Å². The molecule has 0 saturated heterocycles. The zero-order chi connectivity index (χ0) is 20.5. The van der Waals surface area contributed by atoms with Gasteiger partial charge in [0.05, 0.1) is 23.8 Å². The van der Waals surface area contributed by atoms with Crippen LogP contribution in [0.25, 0.3) is 0 Å². The summed E-state index contributed by atoms with van der Waals surface area (Å²) in [6.07, 6.45) is 0.522. The molecule has 0 saturated carbocycles. The van der Waals surface area contributed by atoms with Gasteiger partial charge >= 0.3 is 0 Å². The number of carbonyl (C=O) groups excluding carboxylic acids is 1. The summed E-state index contributed by atoms with van der Waals surface area (Å²) >= 11 is 1.66. The number of amides is 1. The lowest BCUT2D eigenvalue weighted by Gasteiger charge is -2.21. The van der Waals surface area contributed by atoms with Gasteiger partial charge in [0, 0.05) is 31.1 Å². The van der Waals surface area contributed by atoms with E-state index in [1.807, 2.05) is 52.1 Å². The summed E-state index contributed by atoms with van der Waals surface area (Å²) in [6.45, 7) is 10.2. The maximum absolute atomic E-state index is 12.0. The summed E-state index contributed by atoms with van der Waals surface area (Å²) in [5, 5.41) is 9.45. The lowest BCUT2D eigenvalue weighted by Crippen LogP contribution is -2.38. The summed E-state index contributed by atoms with van der Waals surface area (Å²) in [5.41, 5.74) is 2.91. The molecule has 160 valence electrons. The fraction of sp³-hybridized carbons (Fsp3) is 0.476. The zero-order valence-corrected chi connectivity index (χ0v) is 21.0. The van der Waals surface area contributed by atoms with Crippen LogP contribution in [-0.2, 0) is 17.9 Å². The monoisotopic (exact) mass is 529 g/mol. The van der Waals surface area contributed by atoms with Gasteiger partial charge in [-0.15, -0.1) is 35.3 Å². The van der Waals surface area contributed by atoms with Gasteiger partial charge in [-0.1, -0.05) is 26.0 Å². The van der Waals surface area contributed by atoms with E-state index in [4.69, 9.17) is 4.99 Å². The molecule has 0 bridgehead atoms. The number of benzene rings is 1. The van der Waals surface area contributed by atoms with Crippen molar-refractivity contribution in [3.8, 4) is 0 Å². The van der Waals surface area contributed by atoms with Crippen LogP contribution in [0.2, 0.25) is 0 Å². The van der Waals surface area contributed by atoms with Gasteiger partial charge in [-0.25, -0.2) is 9.98 Å². The fourth-order valence-corrected chi connectivity index (χ4v) is 3.37. The highest BCUT2D eigenvalue weighted by Crippen LogP contribution is 2.14. The number of nitrogens with one attached hydrogen (secondary N) is 2. The average molecular weight is 529 g/mol. The standard InChI is InChI=1S/C21H31N5OS.HI/c1-6-22-21(26(5)13-19-14-28-16(4)24-19)23-12-17-8-7-9-18(11-17)25-20(27)10-15(2)3;/h7-9,11,14-15H,6,10,12-13H2,1-5H3,(H,22,23)(H,25,27);1H. The summed E-state index contributed by atoms with van der Waals surface area (Å²) in [6, 6.07) is 7.86. The second-order valence-corrected chi connectivity index (χ2v) is 8.29. The maximum Gasteiger partial charge on any atom is 0.224 e. The van der Waals surface area contributed by atoms with Crippen molar-refractivity contribution < 1.29 is 4.79 Å². The largest absolute Gasteiger partial charge is 0.357 e. The zero-order valence-electron chi connectivity index (χ0n) is 17.9. The van der Waals surface area contributed by atoms with E-state index in [1.165, 1.54) is 0 Å². The van der Waals surface area contributed by atoms with E-state index in [0.29, 0.717) is 25.4 Å². The Bertz CT molecular complexity index is 806. The normalized spacial score (nSPS) is 11.2. The van der Waals surface area contributed by atoms with E-state index in [0.717, 1.165) is 34.5 Å². The van der Waals surface area contributed by atoms with Gasteiger partial charge in [0.2, 0.25) is 5.91 Å². The minimum atomic E-state index is 0. The predicted molar refractivity (Wildman–Crippen MR) is 133 cm³/mol. The Morgan fingerprint density at radius 2 is 2.10 bits per heavy atom. The number of carbonyl (C=O) groups is 1. The van der Waals surface area contributed by atoms with E-state index in [2.05, 4.69) is 32.8 Å². The molecule has 0 spiro atoms. The summed E-state index contributed by atoms with van der Waals surface area (Å²) in [4.78, 5) is 23.3. The number of guanidine groups is 1. The van der Waals surface area contributed by atoms with E-state index < -0.39 is 0 Å². The highest BCUT2D eigenvalue weighted by molar-refractivity contribution is 14.0. The lowest BCUT2D eigenvalue weighted by atomic mass is 10.1. The van der Waals surface area contributed by atoms with Crippen LogP contribution in [0.3, 0.4) is 0 Å². The quantitative estimate of drug-likeness (QED) is 0.297. The number of thiazole rings is 1. The van der Waals surface area contributed by atoms with Crippen molar-refractivity contribution in [3.05, 3.63) is 45.9 Å². The third-order valence-corrected chi connectivity index (χ3v) is 4.80. The molecule has 1 aromatic carbocycles. The van der Waals surface area contributed by atoms with Crippen molar-refractivity contribution in [1.82, 2.24) is 15.2 Å². The van der Waals surface area contributed by atoms with Gasteiger partial charge in [-0.2, -0.15) is 0 Å². The highest BCUT2D eigenvalue weighted by Gasteiger charge is 2.09. The minimum Gasteiger partial charge on any atom is -0.357 e. The van der Waals surface area contributed by atoms with Gasteiger partial charge < -0.3 is 15.5 Å². The van der Waals surface area contributed by atoms with Gasteiger partial charge in [-0.05, 0) is 37.5 Å². The Kier molecular flexibility index (Phi) is 11.2. The number of aryl methyl sites for hydroxylation is 1. The number of halogens is 1. The molecule has 29 heavy (non-hydrogen) atoms. The Morgan fingerprint density at radius 3 is 2.72 bits per heavy atom. The first-order valence-corrected chi connectivity index (χ1v) is 10.5. The van der Waals surface area contributed by atoms with Crippen molar-refractivity contribution in [2.24, 2.45) is 10.9 Å². The first-order chi connectivity index (χ1) is 13.4. The molecular weight excluding hydrogens is 497 g/mol. The number of aliphatic imine (C=N–C) groups is 1. The van der Waals surface area contributed by atoms with Crippen LogP contribution in [0.5, 0.6) is 0 Å². The smallest absolute Gasteiger partial charge is 0.224 e. The lowest BCUT2D eigenvalue weighted by molar-refractivity contribution is -0.116. The van der Waals surface area contributed by atoms with Crippen LogP contribution in [0.15, 0.2) is 34.6 Å². The van der Waals surface area contributed by atoms with Crippen molar-refractivity contribution >= 4 is 52.9 Å². The molecule has 1 amide bonds. The average Bonchev–Trinajstić information content (AvgIpc) is 3.02. The fourth-order valence-electron chi connectivity index (χ4n) is 2.76. The summed E-state index contributed by atoms with van der Waals surface area (Å²) in [7, 11) is 2.01. The molecule has 1 aromatic heterocycles. The number of nitrogens with zero attached hydrogens (tertiary/aromatic N) is 3. The SMILES string of the molecule is CCNC(=NCc1cccc(NC(=O)CC(C)C)c1)N(C)Cc1csc(C)n1.I. The first-order valence-electron chi connectivity index (χ1n) is 9.66. The number of hydrogen-bond acceptors (Lipinski definition) is 4. The molecule has 0 aliphatic rings. The number of aromatic nitrogens is 1.